The first-order valence-corrected chi connectivity index (χ1v) is 10.8. The van der Waals surface area contributed by atoms with Crippen LogP contribution in [0.15, 0.2) is 83.9 Å². The standard InChI is InChI=1S/C24H21ClN2OS/c1-17-6-2-3-7-18(17)14-27-15-23(21-8-4-5-9-22(21)27)29-16-24(28)26-20-12-10-19(25)11-13-20/h2-13,15H,14,16H2,1H3,(H,26,28). The summed E-state index contributed by atoms with van der Waals surface area (Å²) in [5.74, 6) is 0.314. The third kappa shape index (κ3) is 4.66. The number of thioether (sulfide) groups is 1. The number of benzene rings is 3. The van der Waals surface area contributed by atoms with Gasteiger partial charge in [-0.05, 0) is 48.4 Å². The second kappa shape index (κ2) is 8.76. The topological polar surface area (TPSA) is 34.0 Å². The lowest BCUT2D eigenvalue weighted by Gasteiger charge is -2.08. The van der Waals surface area contributed by atoms with E-state index in [1.165, 1.54) is 22.0 Å². The molecular formula is C24H21ClN2OS. The maximum atomic E-state index is 12.4. The number of fused-ring (bicyclic) bond motifs is 1. The van der Waals surface area contributed by atoms with Crippen LogP contribution in [0.3, 0.4) is 0 Å². The van der Waals surface area contributed by atoms with E-state index in [-0.39, 0.29) is 5.91 Å². The predicted molar refractivity (Wildman–Crippen MR) is 123 cm³/mol. The first-order valence-electron chi connectivity index (χ1n) is 9.41. The molecule has 0 aliphatic carbocycles. The number of aromatic nitrogens is 1. The van der Waals surface area contributed by atoms with Gasteiger partial charge in [-0.3, -0.25) is 4.79 Å². The highest BCUT2D eigenvalue weighted by Gasteiger charge is 2.12. The van der Waals surface area contributed by atoms with Crippen molar-refractivity contribution < 1.29 is 4.79 Å². The molecule has 29 heavy (non-hydrogen) atoms. The van der Waals surface area contributed by atoms with Crippen molar-refractivity contribution in [3.05, 3.63) is 95.1 Å². The lowest BCUT2D eigenvalue weighted by Crippen LogP contribution is -2.13. The van der Waals surface area contributed by atoms with Gasteiger partial charge in [-0.15, -0.1) is 11.8 Å². The molecule has 0 fully saturated rings. The number of nitrogens with zero attached hydrogens (tertiary/aromatic N) is 1. The molecule has 146 valence electrons. The Bertz CT molecular complexity index is 1150. The van der Waals surface area contributed by atoms with Crippen molar-refractivity contribution in [3.63, 3.8) is 0 Å². The Kier molecular flexibility index (Phi) is 5.93. The molecule has 5 heteroatoms. The summed E-state index contributed by atoms with van der Waals surface area (Å²) >= 11 is 7.45. The van der Waals surface area contributed by atoms with Crippen LogP contribution in [-0.4, -0.2) is 16.2 Å². The van der Waals surface area contributed by atoms with Crippen LogP contribution in [0.1, 0.15) is 11.1 Å². The van der Waals surface area contributed by atoms with Crippen molar-refractivity contribution >= 4 is 45.9 Å². The second-order valence-electron chi connectivity index (χ2n) is 6.91. The highest BCUT2D eigenvalue weighted by atomic mass is 35.5. The van der Waals surface area contributed by atoms with Crippen molar-refractivity contribution in [1.29, 1.82) is 0 Å². The van der Waals surface area contributed by atoms with Crippen LogP contribution in [0.25, 0.3) is 10.9 Å². The number of carbonyl (C=O) groups is 1. The van der Waals surface area contributed by atoms with Crippen molar-refractivity contribution in [2.75, 3.05) is 11.1 Å². The molecule has 0 saturated heterocycles. The zero-order chi connectivity index (χ0) is 20.2. The maximum absolute atomic E-state index is 12.4. The molecule has 1 heterocycles. The molecule has 0 spiro atoms. The first-order chi connectivity index (χ1) is 14.1. The Labute approximate surface area is 179 Å². The number of para-hydroxylation sites is 1. The van der Waals surface area contributed by atoms with E-state index in [4.69, 9.17) is 11.6 Å². The molecule has 0 radical (unpaired) electrons. The monoisotopic (exact) mass is 420 g/mol. The summed E-state index contributed by atoms with van der Waals surface area (Å²) in [6.45, 7) is 2.95. The maximum Gasteiger partial charge on any atom is 0.234 e. The fourth-order valence-corrected chi connectivity index (χ4v) is 4.32. The van der Waals surface area contributed by atoms with Gasteiger partial charge in [0.2, 0.25) is 5.91 Å². The number of carbonyl (C=O) groups excluding carboxylic acids is 1. The number of amides is 1. The van der Waals surface area contributed by atoms with Gasteiger partial charge in [0.1, 0.15) is 0 Å². The van der Waals surface area contributed by atoms with Gasteiger partial charge in [0.05, 0.1) is 5.75 Å². The van der Waals surface area contributed by atoms with E-state index in [0.717, 1.165) is 17.1 Å². The molecule has 1 aromatic heterocycles. The highest BCUT2D eigenvalue weighted by Crippen LogP contribution is 2.31. The molecule has 4 aromatic rings. The minimum Gasteiger partial charge on any atom is -0.342 e. The van der Waals surface area contributed by atoms with Gasteiger partial charge in [-0.2, -0.15) is 0 Å². The SMILES string of the molecule is Cc1ccccc1Cn1cc(SCC(=O)Nc2ccc(Cl)cc2)c2ccccc21. The van der Waals surface area contributed by atoms with Crippen LogP contribution in [0.4, 0.5) is 5.69 Å². The number of aryl methyl sites for hydroxylation is 1. The summed E-state index contributed by atoms with van der Waals surface area (Å²) < 4.78 is 2.26. The Morgan fingerprint density at radius 2 is 1.72 bits per heavy atom. The number of hydrogen-bond acceptors (Lipinski definition) is 2. The van der Waals surface area contributed by atoms with E-state index in [2.05, 4.69) is 65.5 Å². The van der Waals surface area contributed by atoms with Gasteiger partial charge in [-0.1, -0.05) is 54.1 Å². The second-order valence-corrected chi connectivity index (χ2v) is 8.36. The molecular weight excluding hydrogens is 400 g/mol. The molecule has 3 nitrogen and oxygen atoms in total. The molecule has 0 unspecified atom stereocenters. The summed E-state index contributed by atoms with van der Waals surface area (Å²) in [6, 6.07) is 23.9. The molecule has 1 N–H and O–H groups in total. The number of rotatable bonds is 6. The van der Waals surface area contributed by atoms with Crippen LogP contribution in [0.5, 0.6) is 0 Å². The zero-order valence-electron chi connectivity index (χ0n) is 16.1. The van der Waals surface area contributed by atoms with Crippen molar-refractivity contribution in [1.82, 2.24) is 4.57 Å². The normalized spacial score (nSPS) is 11.0. The van der Waals surface area contributed by atoms with Crippen molar-refractivity contribution in [2.45, 2.75) is 18.4 Å². The van der Waals surface area contributed by atoms with E-state index in [1.807, 2.05) is 6.07 Å². The number of halogens is 1. The molecule has 0 aliphatic heterocycles. The van der Waals surface area contributed by atoms with Gasteiger partial charge in [0.25, 0.3) is 0 Å². The fraction of sp³-hybridized carbons (Fsp3) is 0.125. The molecule has 0 bridgehead atoms. The van der Waals surface area contributed by atoms with Crippen LogP contribution >= 0.6 is 23.4 Å². The highest BCUT2D eigenvalue weighted by molar-refractivity contribution is 8.00. The quantitative estimate of drug-likeness (QED) is 0.367. The van der Waals surface area contributed by atoms with E-state index in [0.29, 0.717) is 10.8 Å². The fourth-order valence-electron chi connectivity index (χ4n) is 3.30. The lowest BCUT2D eigenvalue weighted by molar-refractivity contribution is -0.113. The molecule has 1 amide bonds. The Hall–Kier alpha value is -2.69. The number of anilines is 1. The molecule has 0 saturated carbocycles. The van der Waals surface area contributed by atoms with Crippen molar-refractivity contribution in [2.24, 2.45) is 0 Å². The van der Waals surface area contributed by atoms with Crippen LogP contribution in [-0.2, 0) is 11.3 Å². The van der Waals surface area contributed by atoms with E-state index in [9.17, 15) is 4.79 Å². The van der Waals surface area contributed by atoms with Crippen molar-refractivity contribution in [3.8, 4) is 0 Å². The molecule has 0 atom stereocenters. The summed E-state index contributed by atoms with van der Waals surface area (Å²) in [7, 11) is 0. The number of nitrogens with one attached hydrogen (secondary N) is 1. The van der Waals surface area contributed by atoms with Gasteiger partial charge in [0, 0.05) is 39.3 Å². The van der Waals surface area contributed by atoms with Gasteiger partial charge in [0.15, 0.2) is 0 Å². The first kappa shape index (κ1) is 19.6. The van der Waals surface area contributed by atoms with Crippen LogP contribution < -0.4 is 5.32 Å². The predicted octanol–water partition coefficient (Wildman–Crippen LogP) is 6.38. The molecule has 4 rings (SSSR count). The minimum absolute atomic E-state index is 0.0342. The largest absolute Gasteiger partial charge is 0.342 e. The molecule has 0 aliphatic rings. The van der Waals surface area contributed by atoms with Gasteiger partial charge >= 0.3 is 0 Å². The average molecular weight is 421 g/mol. The van der Waals surface area contributed by atoms with E-state index < -0.39 is 0 Å². The molecule has 3 aromatic carbocycles. The summed E-state index contributed by atoms with van der Waals surface area (Å²) in [4.78, 5) is 13.5. The Balaban J connectivity index is 1.51. The van der Waals surface area contributed by atoms with Gasteiger partial charge < -0.3 is 9.88 Å². The lowest BCUT2D eigenvalue weighted by atomic mass is 10.1. The minimum atomic E-state index is -0.0342. The third-order valence-electron chi connectivity index (χ3n) is 4.84. The van der Waals surface area contributed by atoms with E-state index >= 15 is 0 Å². The van der Waals surface area contributed by atoms with Crippen LogP contribution in [0.2, 0.25) is 5.02 Å². The summed E-state index contributed by atoms with van der Waals surface area (Å²) in [6.07, 6.45) is 2.15. The van der Waals surface area contributed by atoms with Gasteiger partial charge in [-0.25, -0.2) is 0 Å². The summed E-state index contributed by atoms with van der Waals surface area (Å²) in [5.41, 5.74) is 4.51. The van der Waals surface area contributed by atoms with Crippen LogP contribution in [0, 0.1) is 6.92 Å². The Morgan fingerprint density at radius 1 is 1.00 bits per heavy atom. The average Bonchev–Trinajstić information content (AvgIpc) is 3.08. The smallest absolute Gasteiger partial charge is 0.234 e. The zero-order valence-corrected chi connectivity index (χ0v) is 17.6. The Morgan fingerprint density at radius 3 is 2.52 bits per heavy atom. The van der Waals surface area contributed by atoms with E-state index in [1.54, 1.807) is 36.0 Å². The summed E-state index contributed by atoms with van der Waals surface area (Å²) in [5, 5.41) is 4.74. The third-order valence-corrected chi connectivity index (χ3v) is 6.14. The number of hydrogen-bond donors (Lipinski definition) is 1.